The summed E-state index contributed by atoms with van der Waals surface area (Å²) >= 11 is 0. The van der Waals surface area contributed by atoms with Crippen molar-refractivity contribution in [1.29, 1.82) is 0 Å². The second-order valence-electron chi connectivity index (χ2n) is 6.96. The molecule has 2 N–H and O–H groups in total. The maximum atomic E-state index is 14.4. The van der Waals surface area contributed by atoms with Crippen molar-refractivity contribution in [3.8, 4) is 11.5 Å². The normalized spacial score (nSPS) is 16.4. The van der Waals surface area contributed by atoms with E-state index in [1.807, 2.05) is 12.1 Å². The topological polar surface area (TPSA) is 81.9 Å². The van der Waals surface area contributed by atoms with Crippen molar-refractivity contribution in [3.05, 3.63) is 59.4 Å². The lowest BCUT2D eigenvalue weighted by atomic mass is 10.0. The Morgan fingerprint density at radius 2 is 1.86 bits per heavy atom. The Hall–Kier alpha value is -2.93. The van der Waals surface area contributed by atoms with Gasteiger partial charge in [0.1, 0.15) is 23.4 Å². The summed E-state index contributed by atoms with van der Waals surface area (Å²) in [5, 5.41) is 0. The summed E-state index contributed by atoms with van der Waals surface area (Å²) in [6.45, 7) is 0.943. The van der Waals surface area contributed by atoms with Crippen LogP contribution in [0.15, 0.2) is 42.5 Å². The van der Waals surface area contributed by atoms with Crippen molar-refractivity contribution in [3.63, 3.8) is 0 Å². The van der Waals surface area contributed by atoms with Crippen molar-refractivity contribution in [1.82, 2.24) is 4.90 Å². The summed E-state index contributed by atoms with van der Waals surface area (Å²) in [4.78, 5) is 26.4. The molecule has 1 saturated heterocycles. The second kappa shape index (κ2) is 9.52. The molecule has 0 aromatic heterocycles. The van der Waals surface area contributed by atoms with Gasteiger partial charge in [0.05, 0.1) is 12.7 Å². The van der Waals surface area contributed by atoms with E-state index in [2.05, 4.69) is 0 Å². The molecule has 1 atom stereocenters. The molecule has 6 nitrogen and oxygen atoms in total. The standard InChI is InChI=1S/C22H25FN2O4/c1-28-22(27)20-4-2-3-13-25(20)21(26)18-14-17(9-10-19(18)23)29-16-7-5-15(6-8-16)11-12-24/h5-10,14,20H,2-4,11-13,24H2,1H3. The van der Waals surface area contributed by atoms with E-state index in [0.29, 0.717) is 31.0 Å². The molecular weight excluding hydrogens is 375 g/mol. The van der Waals surface area contributed by atoms with Gasteiger partial charge in [-0.05, 0) is 68.1 Å². The largest absolute Gasteiger partial charge is 0.467 e. The fraction of sp³-hybridized carbons (Fsp3) is 0.364. The number of nitrogens with zero attached hydrogens (tertiary/aromatic N) is 1. The highest BCUT2D eigenvalue weighted by molar-refractivity contribution is 5.97. The third kappa shape index (κ3) is 4.92. The van der Waals surface area contributed by atoms with E-state index in [-0.39, 0.29) is 5.56 Å². The number of hydrogen-bond acceptors (Lipinski definition) is 5. The van der Waals surface area contributed by atoms with Crippen molar-refractivity contribution in [2.45, 2.75) is 31.7 Å². The highest BCUT2D eigenvalue weighted by Crippen LogP contribution is 2.27. The van der Waals surface area contributed by atoms with Crippen molar-refractivity contribution in [2.75, 3.05) is 20.2 Å². The fourth-order valence-corrected chi connectivity index (χ4v) is 3.47. The number of methoxy groups -OCH3 is 1. The van der Waals surface area contributed by atoms with Crippen LogP contribution in [0.5, 0.6) is 11.5 Å². The zero-order chi connectivity index (χ0) is 20.8. The van der Waals surface area contributed by atoms with E-state index in [1.54, 1.807) is 12.1 Å². The molecule has 0 aliphatic carbocycles. The van der Waals surface area contributed by atoms with Gasteiger partial charge in [-0.2, -0.15) is 0 Å². The number of piperidine rings is 1. The average molecular weight is 400 g/mol. The molecule has 0 radical (unpaired) electrons. The van der Waals surface area contributed by atoms with Gasteiger partial charge in [0.2, 0.25) is 0 Å². The van der Waals surface area contributed by atoms with Crippen molar-refractivity contribution >= 4 is 11.9 Å². The SMILES string of the molecule is COC(=O)C1CCCCN1C(=O)c1cc(Oc2ccc(CCN)cc2)ccc1F. The Morgan fingerprint density at radius 1 is 1.14 bits per heavy atom. The van der Waals surface area contributed by atoms with E-state index in [0.717, 1.165) is 24.8 Å². The van der Waals surface area contributed by atoms with Gasteiger partial charge in [0.15, 0.2) is 0 Å². The lowest BCUT2D eigenvalue weighted by molar-refractivity contribution is -0.147. The summed E-state index contributed by atoms with van der Waals surface area (Å²) in [5.74, 6) is -0.770. The number of esters is 1. The van der Waals surface area contributed by atoms with Gasteiger partial charge in [-0.3, -0.25) is 4.79 Å². The molecule has 1 aliphatic heterocycles. The van der Waals surface area contributed by atoms with Crippen LogP contribution in [-0.4, -0.2) is 43.0 Å². The first-order chi connectivity index (χ1) is 14.0. The summed E-state index contributed by atoms with van der Waals surface area (Å²) in [7, 11) is 1.29. The monoisotopic (exact) mass is 400 g/mol. The molecule has 7 heteroatoms. The van der Waals surface area contributed by atoms with Crippen molar-refractivity contribution < 1.29 is 23.5 Å². The first-order valence-corrected chi connectivity index (χ1v) is 9.68. The number of amides is 1. The highest BCUT2D eigenvalue weighted by atomic mass is 19.1. The summed E-state index contributed by atoms with van der Waals surface area (Å²) < 4.78 is 25.0. The van der Waals surface area contributed by atoms with Crippen LogP contribution in [0.2, 0.25) is 0 Å². The quantitative estimate of drug-likeness (QED) is 0.753. The fourth-order valence-electron chi connectivity index (χ4n) is 3.47. The van der Waals surface area contributed by atoms with E-state index in [4.69, 9.17) is 15.2 Å². The molecule has 1 amide bonds. The maximum Gasteiger partial charge on any atom is 0.328 e. The van der Waals surface area contributed by atoms with Gasteiger partial charge in [0.25, 0.3) is 5.91 Å². The molecule has 1 aliphatic rings. The Bertz CT molecular complexity index is 870. The summed E-state index contributed by atoms with van der Waals surface area (Å²) in [6, 6.07) is 10.8. The van der Waals surface area contributed by atoms with Crippen LogP contribution in [-0.2, 0) is 16.0 Å². The smallest absolute Gasteiger partial charge is 0.328 e. The molecule has 154 valence electrons. The van der Waals surface area contributed by atoms with E-state index in [1.165, 1.54) is 30.2 Å². The van der Waals surface area contributed by atoms with Gasteiger partial charge >= 0.3 is 5.97 Å². The number of ether oxygens (including phenoxy) is 2. The number of halogens is 1. The van der Waals surface area contributed by atoms with Gasteiger partial charge in [-0.15, -0.1) is 0 Å². The Labute approximate surface area is 169 Å². The van der Waals surface area contributed by atoms with E-state index in [9.17, 15) is 14.0 Å². The van der Waals surface area contributed by atoms with Crippen LogP contribution >= 0.6 is 0 Å². The third-order valence-electron chi connectivity index (χ3n) is 5.00. The van der Waals surface area contributed by atoms with Crippen LogP contribution in [0.25, 0.3) is 0 Å². The zero-order valence-electron chi connectivity index (χ0n) is 16.4. The van der Waals surface area contributed by atoms with E-state index >= 15 is 0 Å². The Morgan fingerprint density at radius 3 is 2.55 bits per heavy atom. The van der Waals surface area contributed by atoms with E-state index < -0.39 is 23.7 Å². The molecule has 1 fully saturated rings. The molecule has 0 spiro atoms. The minimum atomic E-state index is -0.694. The lowest BCUT2D eigenvalue weighted by Gasteiger charge is -2.33. The molecule has 1 heterocycles. The first kappa shape index (κ1) is 20.8. The molecule has 0 saturated carbocycles. The van der Waals surface area contributed by atoms with Crippen LogP contribution in [0.1, 0.15) is 35.2 Å². The molecular formula is C22H25FN2O4. The average Bonchev–Trinajstić information content (AvgIpc) is 2.75. The molecule has 0 bridgehead atoms. The van der Waals surface area contributed by atoms with Gasteiger partial charge in [-0.25, -0.2) is 9.18 Å². The van der Waals surface area contributed by atoms with Crippen LogP contribution < -0.4 is 10.5 Å². The third-order valence-corrected chi connectivity index (χ3v) is 5.00. The Balaban J connectivity index is 1.80. The molecule has 2 aromatic carbocycles. The first-order valence-electron chi connectivity index (χ1n) is 9.68. The Kier molecular flexibility index (Phi) is 6.82. The minimum absolute atomic E-state index is 0.127. The highest BCUT2D eigenvalue weighted by Gasteiger charge is 2.34. The molecule has 3 rings (SSSR count). The maximum absolute atomic E-state index is 14.4. The molecule has 29 heavy (non-hydrogen) atoms. The lowest BCUT2D eigenvalue weighted by Crippen LogP contribution is -2.48. The number of carbonyl (C=O) groups excluding carboxylic acids is 2. The number of benzene rings is 2. The molecule has 1 unspecified atom stereocenters. The number of hydrogen-bond donors (Lipinski definition) is 1. The predicted octanol–water partition coefficient (Wildman–Crippen LogP) is 3.29. The van der Waals surface area contributed by atoms with Crippen LogP contribution in [0.3, 0.4) is 0 Å². The van der Waals surface area contributed by atoms with Crippen LogP contribution in [0, 0.1) is 5.82 Å². The number of carbonyl (C=O) groups is 2. The van der Waals surface area contributed by atoms with Gasteiger partial charge < -0.3 is 20.1 Å². The summed E-state index contributed by atoms with van der Waals surface area (Å²) in [5.41, 5.74) is 6.51. The number of nitrogens with two attached hydrogens (primary N) is 1. The van der Waals surface area contributed by atoms with Gasteiger partial charge in [-0.1, -0.05) is 12.1 Å². The second-order valence-corrected chi connectivity index (χ2v) is 6.96. The predicted molar refractivity (Wildman–Crippen MR) is 106 cm³/mol. The van der Waals surface area contributed by atoms with Crippen molar-refractivity contribution in [2.24, 2.45) is 5.73 Å². The van der Waals surface area contributed by atoms with Gasteiger partial charge in [0, 0.05) is 6.54 Å². The summed E-state index contributed by atoms with van der Waals surface area (Å²) in [6.07, 6.45) is 2.85. The zero-order valence-corrected chi connectivity index (χ0v) is 16.4. The molecule has 2 aromatic rings. The minimum Gasteiger partial charge on any atom is -0.467 e. The number of rotatable bonds is 6. The van der Waals surface area contributed by atoms with Crippen LogP contribution in [0.4, 0.5) is 4.39 Å². The number of likely N-dealkylation sites (tertiary alicyclic amines) is 1.